The third-order valence-electron chi connectivity index (χ3n) is 4.74. The van der Waals surface area contributed by atoms with Crippen molar-refractivity contribution < 1.29 is 0 Å². The number of rotatable bonds is 7. The van der Waals surface area contributed by atoms with Crippen LogP contribution in [0.15, 0.2) is 0 Å². The highest BCUT2D eigenvalue weighted by Crippen LogP contribution is 2.40. The fraction of sp³-hybridized carbons (Fsp3) is 1.00. The Labute approximate surface area is 114 Å². The Balaban J connectivity index is 1.90. The lowest BCUT2D eigenvalue weighted by Gasteiger charge is -2.43. The van der Waals surface area contributed by atoms with Crippen molar-refractivity contribution in [1.82, 2.24) is 10.2 Å². The Morgan fingerprint density at radius 3 is 2.67 bits per heavy atom. The van der Waals surface area contributed by atoms with Crippen LogP contribution in [0.5, 0.6) is 0 Å². The molecule has 2 nitrogen and oxygen atoms in total. The molecule has 0 saturated heterocycles. The quantitative estimate of drug-likeness (QED) is 0.748. The summed E-state index contributed by atoms with van der Waals surface area (Å²) in [5.41, 5.74) is 0.560. The van der Waals surface area contributed by atoms with Crippen LogP contribution in [0.25, 0.3) is 0 Å². The minimum atomic E-state index is 0.560. The van der Waals surface area contributed by atoms with Gasteiger partial charge in [0.25, 0.3) is 0 Å². The van der Waals surface area contributed by atoms with E-state index in [1.165, 1.54) is 64.6 Å². The molecule has 2 aliphatic rings. The summed E-state index contributed by atoms with van der Waals surface area (Å²) in [7, 11) is 2.31. The molecule has 0 heterocycles. The minimum absolute atomic E-state index is 0.560. The second-order valence-electron chi connectivity index (χ2n) is 7.09. The first kappa shape index (κ1) is 14.3. The molecule has 2 saturated carbocycles. The molecule has 2 unspecified atom stereocenters. The van der Waals surface area contributed by atoms with Gasteiger partial charge in [-0.3, -0.25) is 0 Å². The van der Waals surface area contributed by atoms with Gasteiger partial charge in [-0.2, -0.15) is 0 Å². The molecule has 0 aromatic heterocycles. The summed E-state index contributed by atoms with van der Waals surface area (Å²) in [5.74, 6) is 0.926. The molecule has 2 rings (SSSR count). The lowest BCUT2D eigenvalue weighted by Crippen LogP contribution is -2.46. The molecule has 0 amide bonds. The molecule has 2 atom stereocenters. The van der Waals surface area contributed by atoms with Crippen LogP contribution in [-0.2, 0) is 0 Å². The van der Waals surface area contributed by atoms with E-state index in [1.807, 2.05) is 0 Å². The van der Waals surface area contributed by atoms with Crippen molar-refractivity contribution in [3.63, 3.8) is 0 Å². The van der Waals surface area contributed by atoms with Crippen LogP contribution >= 0.6 is 0 Å². The van der Waals surface area contributed by atoms with Gasteiger partial charge in [0.2, 0.25) is 0 Å². The standard InChI is InChI=1S/C16H32N2/c1-4-10-18(3)13-16(12-17-15-7-8-15)9-5-6-14(2)11-16/h14-15,17H,4-13H2,1-3H3. The van der Waals surface area contributed by atoms with E-state index in [2.05, 4.69) is 31.1 Å². The molecule has 0 bridgehead atoms. The molecule has 0 aliphatic heterocycles. The van der Waals surface area contributed by atoms with E-state index < -0.39 is 0 Å². The van der Waals surface area contributed by atoms with Crippen molar-refractivity contribution in [2.24, 2.45) is 11.3 Å². The van der Waals surface area contributed by atoms with Gasteiger partial charge in [0.15, 0.2) is 0 Å². The molecule has 0 aromatic carbocycles. The predicted octanol–water partition coefficient (Wildman–Crippen LogP) is 3.28. The van der Waals surface area contributed by atoms with Gasteiger partial charge in [0.05, 0.1) is 0 Å². The van der Waals surface area contributed by atoms with Crippen molar-refractivity contribution in [2.45, 2.75) is 64.8 Å². The van der Waals surface area contributed by atoms with Crippen LogP contribution in [0.1, 0.15) is 58.8 Å². The summed E-state index contributed by atoms with van der Waals surface area (Å²) in [6.07, 6.45) is 9.85. The molecule has 2 heteroatoms. The minimum Gasteiger partial charge on any atom is -0.313 e. The topological polar surface area (TPSA) is 15.3 Å². The lowest BCUT2D eigenvalue weighted by atomic mass is 9.69. The van der Waals surface area contributed by atoms with Gasteiger partial charge in [-0.25, -0.2) is 0 Å². The number of nitrogens with one attached hydrogen (secondary N) is 1. The van der Waals surface area contributed by atoms with Gasteiger partial charge in [0.1, 0.15) is 0 Å². The Bertz CT molecular complexity index is 249. The van der Waals surface area contributed by atoms with Crippen LogP contribution < -0.4 is 5.32 Å². The van der Waals surface area contributed by atoms with Crippen molar-refractivity contribution in [1.29, 1.82) is 0 Å². The van der Waals surface area contributed by atoms with Gasteiger partial charge >= 0.3 is 0 Å². The monoisotopic (exact) mass is 252 g/mol. The Hall–Kier alpha value is -0.0800. The van der Waals surface area contributed by atoms with E-state index in [1.54, 1.807) is 0 Å². The zero-order valence-corrected chi connectivity index (χ0v) is 12.7. The van der Waals surface area contributed by atoms with Gasteiger partial charge in [-0.15, -0.1) is 0 Å². The molecular weight excluding hydrogens is 220 g/mol. The largest absolute Gasteiger partial charge is 0.313 e. The fourth-order valence-electron chi connectivity index (χ4n) is 3.81. The van der Waals surface area contributed by atoms with E-state index >= 15 is 0 Å². The smallest absolute Gasteiger partial charge is 0.00684 e. The average Bonchev–Trinajstić information content (AvgIpc) is 3.10. The van der Waals surface area contributed by atoms with E-state index in [0.717, 1.165) is 12.0 Å². The van der Waals surface area contributed by atoms with E-state index in [-0.39, 0.29) is 0 Å². The molecule has 2 fully saturated rings. The lowest BCUT2D eigenvalue weighted by molar-refractivity contribution is 0.0915. The molecule has 2 aliphatic carbocycles. The first-order valence-electron chi connectivity index (χ1n) is 8.05. The second-order valence-corrected chi connectivity index (χ2v) is 7.09. The van der Waals surface area contributed by atoms with E-state index in [4.69, 9.17) is 0 Å². The summed E-state index contributed by atoms with van der Waals surface area (Å²) in [6.45, 7) is 8.54. The number of hydrogen-bond acceptors (Lipinski definition) is 2. The number of nitrogens with zero attached hydrogens (tertiary/aromatic N) is 1. The molecule has 18 heavy (non-hydrogen) atoms. The van der Waals surface area contributed by atoms with Crippen LogP contribution in [0.3, 0.4) is 0 Å². The summed E-state index contributed by atoms with van der Waals surface area (Å²) in [5, 5.41) is 3.81. The van der Waals surface area contributed by atoms with Gasteiger partial charge in [0, 0.05) is 19.1 Å². The van der Waals surface area contributed by atoms with Gasteiger partial charge in [-0.1, -0.05) is 26.7 Å². The molecule has 106 valence electrons. The van der Waals surface area contributed by atoms with Crippen molar-refractivity contribution in [2.75, 3.05) is 26.7 Å². The highest BCUT2D eigenvalue weighted by Gasteiger charge is 2.37. The van der Waals surface area contributed by atoms with Crippen LogP contribution in [0.2, 0.25) is 0 Å². The fourth-order valence-corrected chi connectivity index (χ4v) is 3.81. The number of hydrogen-bond donors (Lipinski definition) is 1. The average molecular weight is 252 g/mol. The highest BCUT2D eigenvalue weighted by atomic mass is 15.1. The zero-order valence-electron chi connectivity index (χ0n) is 12.7. The van der Waals surface area contributed by atoms with E-state index in [0.29, 0.717) is 5.41 Å². The third kappa shape index (κ3) is 4.24. The van der Waals surface area contributed by atoms with Crippen molar-refractivity contribution >= 4 is 0 Å². The first-order chi connectivity index (χ1) is 8.63. The summed E-state index contributed by atoms with van der Waals surface area (Å²) in [4.78, 5) is 2.56. The summed E-state index contributed by atoms with van der Waals surface area (Å²) < 4.78 is 0. The molecule has 0 aromatic rings. The SMILES string of the molecule is CCCN(C)CC1(CNC2CC2)CCCC(C)C1. The Kier molecular flexibility index (Phi) is 5.08. The van der Waals surface area contributed by atoms with Crippen LogP contribution in [-0.4, -0.2) is 37.6 Å². The van der Waals surface area contributed by atoms with Gasteiger partial charge in [-0.05, 0) is 57.0 Å². The molecule has 0 radical (unpaired) electrons. The third-order valence-corrected chi connectivity index (χ3v) is 4.74. The zero-order chi connectivity index (χ0) is 13.0. The summed E-state index contributed by atoms with van der Waals surface area (Å²) in [6, 6.07) is 0.857. The maximum atomic E-state index is 3.81. The van der Waals surface area contributed by atoms with Gasteiger partial charge < -0.3 is 10.2 Å². The Morgan fingerprint density at radius 2 is 2.06 bits per heavy atom. The maximum absolute atomic E-state index is 3.81. The normalized spacial score (nSPS) is 33.0. The molecule has 1 N–H and O–H groups in total. The molecular formula is C16H32N2. The second kappa shape index (κ2) is 6.38. The summed E-state index contributed by atoms with van der Waals surface area (Å²) >= 11 is 0. The molecule has 0 spiro atoms. The van der Waals surface area contributed by atoms with Crippen LogP contribution in [0.4, 0.5) is 0 Å². The maximum Gasteiger partial charge on any atom is 0.00684 e. The van der Waals surface area contributed by atoms with E-state index in [9.17, 15) is 0 Å². The highest BCUT2D eigenvalue weighted by molar-refractivity contribution is 4.92. The Morgan fingerprint density at radius 1 is 1.28 bits per heavy atom. The van der Waals surface area contributed by atoms with Crippen molar-refractivity contribution in [3.8, 4) is 0 Å². The first-order valence-corrected chi connectivity index (χ1v) is 8.05. The predicted molar refractivity (Wildman–Crippen MR) is 78.9 cm³/mol. The van der Waals surface area contributed by atoms with Crippen molar-refractivity contribution in [3.05, 3.63) is 0 Å². The van der Waals surface area contributed by atoms with Crippen LogP contribution in [0, 0.1) is 11.3 Å².